The molecule has 0 radical (unpaired) electrons. The Morgan fingerprint density at radius 3 is 1.75 bits per heavy atom. The Hall–Kier alpha value is -0.103. The van der Waals surface area contributed by atoms with E-state index in [0.29, 0.717) is 0 Å². The van der Waals surface area contributed by atoms with Crippen LogP contribution in [-0.2, 0) is 39.0 Å². The van der Waals surface area contributed by atoms with Crippen molar-refractivity contribution in [1.29, 1.82) is 0 Å². The SMILES string of the molecule is O=C([O-])c1ccccc1.[OH-].[Zn+2].[Zn+2]. The molecular formula is C7H6O3Zn2+2. The fourth-order valence-electron chi connectivity index (χ4n) is 0.574. The molecule has 0 bridgehead atoms. The topological polar surface area (TPSA) is 70.1 Å². The van der Waals surface area contributed by atoms with Crippen molar-refractivity contribution in [1.82, 2.24) is 0 Å². The Balaban J connectivity index is -0.000000270. The molecule has 0 amide bonds. The first kappa shape index (κ1) is 17.8. The van der Waals surface area contributed by atoms with Gasteiger partial charge in [-0.1, -0.05) is 30.3 Å². The third-order valence-corrected chi connectivity index (χ3v) is 1.01. The number of carboxylic acid groups (broad SMARTS) is 1. The number of rotatable bonds is 1. The van der Waals surface area contributed by atoms with Gasteiger partial charge in [0.2, 0.25) is 0 Å². The van der Waals surface area contributed by atoms with Gasteiger partial charge >= 0.3 is 39.0 Å². The average molecular weight is 269 g/mol. The van der Waals surface area contributed by atoms with E-state index in [0.717, 1.165) is 0 Å². The van der Waals surface area contributed by atoms with Crippen molar-refractivity contribution in [2.75, 3.05) is 0 Å². The molecule has 0 saturated heterocycles. The second kappa shape index (κ2) is 8.99. The fourth-order valence-corrected chi connectivity index (χ4v) is 0.574. The van der Waals surface area contributed by atoms with E-state index in [1.165, 1.54) is 12.1 Å². The summed E-state index contributed by atoms with van der Waals surface area (Å²) in [7, 11) is 0. The third-order valence-electron chi connectivity index (χ3n) is 1.01. The number of benzene rings is 1. The monoisotopic (exact) mass is 266 g/mol. The van der Waals surface area contributed by atoms with E-state index in [-0.39, 0.29) is 50.0 Å². The minimum Gasteiger partial charge on any atom is -0.870 e. The summed E-state index contributed by atoms with van der Waals surface area (Å²) in [6.07, 6.45) is 0. The summed E-state index contributed by atoms with van der Waals surface area (Å²) >= 11 is 0. The van der Waals surface area contributed by atoms with Crippen LogP contribution in [0.1, 0.15) is 10.4 Å². The van der Waals surface area contributed by atoms with Crippen molar-refractivity contribution < 1.29 is 54.3 Å². The van der Waals surface area contributed by atoms with E-state index < -0.39 is 5.97 Å². The van der Waals surface area contributed by atoms with Crippen molar-refractivity contribution in [2.45, 2.75) is 0 Å². The molecule has 1 rings (SSSR count). The van der Waals surface area contributed by atoms with Crippen molar-refractivity contribution in [3.63, 3.8) is 0 Å². The Morgan fingerprint density at radius 2 is 1.50 bits per heavy atom. The molecule has 1 N–H and O–H groups in total. The molecule has 3 nitrogen and oxygen atoms in total. The minimum absolute atomic E-state index is 0. The van der Waals surface area contributed by atoms with Crippen LogP contribution in [0.25, 0.3) is 0 Å². The van der Waals surface area contributed by atoms with Crippen LogP contribution in [0.15, 0.2) is 30.3 Å². The molecule has 0 spiro atoms. The molecule has 0 fully saturated rings. The molecule has 0 atom stereocenters. The second-order valence-electron chi connectivity index (χ2n) is 1.65. The van der Waals surface area contributed by atoms with E-state index in [1.54, 1.807) is 18.2 Å². The summed E-state index contributed by atoms with van der Waals surface area (Å²) in [5.41, 5.74) is 0.220. The molecule has 1 aromatic carbocycles. The first-order chi connectivity index (χ1) is 4.30. The fraction of sp³-hybridized carbons (Fsp3) is 0. The molecular weight excluding hydrogens is 263 g/mol. The molecule has 0 aliphatic rings. The number of aromatic carboxylic acids is 1. The number of hydrogen-bond donors (Lipinski definition) is 0. The van der Waals surface area contributed by atoms with Gasteiger partial charge in [-0.25, -0.2) is 0 Å². The molecule has 0 aliphatic carbocycles. The first-order valence-corrected chi connectivity index (χ1v) is 2.57. The van der Waals surface area contributed by atoms with Gasteiger partial charge in [-0.3, -0.25) is 0 Å². The van der Waals surface area contributed by atoms with Crippen LogP contribution >= 0.6 is 0 Å². The van der Waals surface area contributed by atoms with Gasteiger partial charge in [0.15, 0.2) is 0 Å². The standard InChI is InChI=1S/C7H6O2.H2O.2Zn/c8-7(9)6-4-2-1-3-5-6;;;/h1-5H,(H,8,9);1H2;;/q;;2*+2/p-2. The minimum atomic E-state index is -1.13. The number of hydrogen-bond acceptors (Lipinski definition) is 3. The van der Waals surface area contributed by atoms with Gasteiger partial charge in [-0.2, -0.15) is 0 Å². The van der Waals surface area contributed by atoms with Crippen molar-refractivity contribution in [3.05, 3.63) is 35.9 Å². The van der Waals surface area contributed by atoms with Gasteiger partial charge in [0.05, 0.1) is 5.97 Å². The summed E-state index contributed by atoms with van der Waals surface area (Å²) in [5, 5.41) is 10.1. The van der Waals surface area contributed by atoms with Gasteiger partial charge in [0.1, 0.15) is 0 Å². The Labute approximate surface area is 96.0 Å². The zero-order valence-electron chi connectivity index (χ0n) is 6.56. The average Bonchev–Trinajstić information content (AvgIpc) is 1.90. The van der Waals surface area contributed by atoms with E-state index >= 15 is 0 Å². The zero-order valence-corrected chi connectivity index (χ0v) is 12.5. The Morgan fingerprint density at radius 1 is 1.08 bits per heavy atom. The maximum Gasteiger partial charge on any atom is 2.00 e. The van der Waals surface area contributed by atoms with E-state index in [4.69, 9.17) is 0 Å². The molecule has 12 heavy (non-hydrogen) atoms. The van der Waals surface area contributed by atoms with Crippen LogP contribution < -0.4 is 5.11 Å². The summed E-state index contributed by atoms with van der Waals surface area (Å²) in [4.78, 5) is 10.1. The van der Waals surface area contributed by atoms with Crippen LogP contribution in [-0.4, -0.2) is 11.4 Å². The number of carboxylic acids is 1. The van der Waals surface area contributed by atoms with Crippen molar-refractivity contribution >= 4 is 5.97 Å². The van der Waals surface area contributed by atoms with Gasteiger partial charge in [0, 0.05) is 0 Å². The van der Waals surface area contributed by atoms with Crippen molar-refractivity contribution in [3.8, 4) is 0 Å². The van der Waals surface area contributed by atoms with E-state index in [2.05, 4.69) is 0 Å². The molecule has 0 saturated carbocycles. The maximum atomic E-state index is 10.1. The summed E-state index contributed by atoms with van der Waals surface area (Å²) < 4.78 is 0. The van der Waals surface area contributed by atoms with Crippen LogP contribution in [0.5, 0.6) is 0 Å². The quantitative estimate of drug-likeness (QED) is 0.666. The van der Waals surface area contributed by atoms with E-state index in [9.17, 15) is 9.90 Å². The zero-order chi connectivity index (χ0) is 6.69. The second-order valence-corrected chi connectivity index (χ2v) is 1.65. The van der Waals surface area contributed by atoms with Crippen LogP contribution in [0, 0.1) is 0 Å². The summed E-state index contributed by atoms with van der Waals surface area (Å²) in [6, 6.07) is 8.06. The summed E-state index contributed by atoms with van der Waals surface area (Å²) in [5.74, 6) is -1.13. The normalized spacial score (nSPS) is 6.67. The Bertz CT molecular complexity index is 213. The smallest absolute Gasteiger partial charge is 0.870 e. The number of carbonyl (C=O) groups is 1. The molecule has 0 aliphatic heterocycles. The Kier molecular flexibility index (Phi) is 13.4. The van der Waals surface area contributed by atoms with Crippen LogP contribution in [0.4, 0.5) is 0 Å². The van der Waals surface area contributed by atoms with Crippen LogP contribution in [0.3, 0.4) is 0 Å². The number of carbonyl (C=O) groups excluding carboxylic acids is 1. The van der Waals surface area contributed by atoms with E-state index in [1.807, 2.05) is 0 Å². The first-order valence-electron chi connectivity index (χ1n) is 2.57. The summed E-state index contributed by atoms with van der Waals surface area (Å²) in [6.45, 7) is 0. The molecule has 0 aromatic heterocycles. The largest absolute Gasteiger partial charge is 2.00 e. The van der Waals surface area contributed by atoms with Crippen LogP contribution in [0.2, 0.25) is 0 Å². The third kappa shape index (κ3) is 5.53. The van der Waals surface area contributed by atoms with Gasteiger partial charge in [-0.05, 0) is 5.56 Å². The molecule has 0 unspecified atom stereocenters. The predicted molar refractivity (Wildman–Crippen MR) is 32.7 cm³/mol. The molecule has 1 aromatic rings. The predicted octanol–water partition coefficient (Wildman–Crippen LogP) is -0.132. The molecule has 0 heterocycles. The maximum absolute atomic E-state index is 10.1. The van der Waals surface area contributed by atoms with Gasteiger partial charge in [-0.15, -0.1) is 0 Å². The van der Waals surface area contributed by atoms with Gasteiger partial charge < -0.3 is 15.4 Å². The molecule has 5 heteroatoms. The van der Waals surface area contributed by atoms with Gasteiger partial charge in [0.25, 0.3) is 0 Å². The van der Waals surface area contributed by atoms with Crippen molar-refractivity contribution in [2.24, 2.45) is 0 Å². The molecule has 54 valence electrons.